The van der Waals surface area contributed by atoms with E-state index in [2.05, 4.69) is 10.4 Å². The topological polar surface area (TPSA) is 72.9 Å². The van der Waals surface area contributed by atoms with Crippen LogP contribution in [0.5, 0.6) is 0 Å². The maximum Gasteiger partial charge on any atom is 0.259 e. The summed E-state index contributed by atoms with van der Waals surface area (Å²) in [5.74, 6) is -0.636. The van der Waals surface area contributed by atoms with Crippen molar-refractivity contribution in [3.63, 3.8) is 0 Å². The monoisotopic (exact) mass is 290 g/mol. The Morgan fingerprint density at radius 1 is 1.43 bits per heavy atom. The number of carbonyl (C=O) groups excluding carboxylic acids is 1. The van der Waals surface area contributed by atoms with Crippen molar-refractivity contribution in [2.75, 3.05) is 11.9 Å². The molecule has 1 aromatic carbocycles. The fourth-order valence-electron chi connectivity index (χ4n) is 2.07. The molecule has 2 rings (SSSR count). The van der Waals surface area contributed by atoms with Crippen molar-refractivity contribution in [3.8, 4) is 0 Å². The van der Waals surface area contributed by atoms with Gasteiger partial charge in [0.05, 0.1) is 11.8 Å². The normalized spacial score (nSPS) is 10.7. The van der Waals surface area contributed by atoms with Gasteiger partial charge in [-0.1, -0.05) is 6.07 Å². The van der Waals surface area contributed by atoms with E-state index >= 15 is 0 Å². The van der Waals surface area contributed by atoms with Crippen LogP contribution in [0.15, 0.2) is 24.4 Å². The standard InChI is InChI=1S/C15H19FN4O/c1-10-13(16)5-3-6-14(10)19-15(21)12-9-18-20(11(12)2)8-4-7-17/h3,5-6,9H,4,7-8,17H2,1-2H3,(H,19,21). The molecule has 1 amide bonds. The minimum absolute atomic E-state index is 0.291. The highest BCUT2D eigenvalue weighted by atomic mass is 19.1. The van der Waals surface area contributed by atoms with Crippen LogP contribution < -0.4 is 11.1 Å². The lowest BCUT2D eigenvalue weighted by Crippen LogP contribution is -2.15. The maximum atomic E-state index is 13.5. The van der Waals surface area contributed by atoms with E-state index in [0.29, 0.717) is 29.9 Å². The van der Waals surface area contributed by atoms with Crippen LogP contribution in [0.1, 0.15) is 28.0 Å². The van der Waals surface area contributed by atoms with Crippen molar-refractivity contribution in [1.29, 1.82) is 0 Å². The Kier molecular flexibility index (Phi) is 4.70. The summed E-state index contributed by atoms with van der Waals surface area (Å²) in [5.41, 5.74) is 7.61. The largest absolute Gasteiger partial charge is 0.330 e. The molecule has 0 bridgehead atoms. The average Bonchev–Trinajstić information content (AvgIpc) is 2.83. The first-order valence-corrected chi connectivity index (χ1v) is 6.83. The third kappa shape index (κ3) is 3.28. The van der Waals surface area contributed by atoms with E-state index in [9.17, 15) is 9.18 Å². The summed E-state index contributed by atoms with van der Waals surface area (Å²) >= 11 is 0. The molecule has 3 N–H and O–H groups in total. The Labute approximate surface area is 123 Å². The smallest absolute Gasteiger partial charge is 0.259 e. The number of halogens is 1. The summed E-state index contributed by atoms with van der Waals surface area (Å²) < 4.78 is 15.2. The van der Waals surface area contributed by atoms with Crippen LogP contribution in [0.2, 0.25) is 0 Å². The molecular formula is C15H19FN4O. The van der Waals surface area contributed by atoms with E-state index in [0.717, 1.165) is 12.1 Å². The van der Waals surface area contributed by atoms with Crippen LogP contribution in [-0.4, -0.2) is 22.2 Å². The van der Waals surface area contributed by atoms with Gasteiger partial charge in [0, 0.05) is 23.5 Å². The van der Waals surface area contributed by atoms with E-state index in [4.69, 9.17) is 5.73 Å². The summed E-state index contributed by atoms with van der Waals surface area (Å²) in [5, 5.41) is 6.90. The van der Waals surface area contributed by atoms with E-state index in [1.807, 2.05) is 6.92 Å². The Morgan fingerprint density at radius 3 is 2.90 bits per heavy atom. The number of rotatable bonds is 5. The second-order valence-corrected chi connectivity index (χ2v) is 4.88. The van der Waals surface area contributed by atoms with Crippen molar-refractivity contribution in [3.05, 3.63) is 47.0 Å². The molecule has 0 fully saturated rings. The van der Waals surface area contributed by atoms with Gasteiger partial charge in [-0.15, -0.1) is 0 Å². The molecule has 6 heteroatoms. The van der Waals surface area contributed by atoms with Gasteiger partial charge in [-0.25, -0.2) is 4.39 Å². The molecule has 0 aliphatic carbocycles. The number of nitrogens with one attached hydrogen (secondary N) is 1. The van der Waals surface area contributed by atoms with E-state index in [-0.39, 0.29) is 11.7 Å². The second-order valence-electron chi connectivity index (χ2n) is 4.88. The Bertz CT molecular complexity index is 651. The number of hydrogen-bond acceptors (Lipinski definition) is 3. The first kappa shape index (κ1) is 15.2. The third-order valence-electron chi connectivity index (χ3n) is 3.44. The molecule has 0 unspecified atom stereocenters. The number of amides is 1. The van der Waals surface area contributed by atoms with Crippen LogP contribution >= 0.6 is 0 Å². The number of aromatic nitrogens is 2. The van der Waals surface area contributed by atoms with E-state index in [1.165, 1.54) is 12.3 Å². The van der Waals surface area contributed by atoms with Crippen LogP contribution in [0.25, 0.3) is 0 Å². The van der Waals surface area contributed by atoms with Gasteiger partial charge in [0.25, 0.3) is 5.91 Å². The summed E-state index contributed by atoms with van der Waals surface area (Å²) in [6.45, 7) is 4.71. The van der Waals surface area contributed by atoms with Gasteiger partial charge in [0.15, 0.2) is 0 Å². The van der Waals surface area contributed by atoms with Crippen LogP contribution in [-0.2, 0) is 6.54 Å². The number of nitrogens with zero attached hydrogens (tertiary/aromatic N) is 2. The van der Waals surface area contributed by atoms with Crippen LogP contribution in [0.4, 0.5) is 10.1 Å². The molecule has 0 aliphatic heterocycles. The van der Waals surface area contributed by atoms with Gasteiger partial charge in [-0.05, 0) is 38.9 Å². The highest BCUT2D eigenvalue weighted by molar-refractivity contribution is 6.05. The molecule has 0 saturated heterocycles. The van der Waals surface area contributed by atoms with Gasteiger partial charge in [-0.3, -0.25) is 9.48 Å². The van der Waals surface area contributed by atoms with Crippen molar-refractivity contribution in [2.24, 2.45) is 5.73 Å². The number of hydrogen-bond donors (Lipinski definition) is 2. The summed E-state index contributed by atoms with van der Waals surface area (Å²) in [7, 11) is 0. The van der Waals surface area contributed by atoms with Gasteiger partial charge in [0.2, 0.25) is 0 Å². The number of nitrogens with two attached hydrogens (primary N) is 1. The van der Waals surface area contributed by atoms with Gasteiger partial charge in [-0.2, -0.15) is 5.10 Å². The predicted octanol–water partition coefficient (Wildman–Crippen LogP) is 2.24. The number of anilines is 1. The van der Waals surface area contributed by atoms with Gasteiger partial charge < -0.3 is 11.1 Å². The fourth-order valence-corrected chi connectivity index (χ4v) is 2.07. The minimum Gasteiger partial charge on any atom is -0.330 e. The highest BCUT2D eigenvalue weighted by Gasteiger charge is 2.15. The highest BCUT2D eigenvalue weighted by Crippen LogP contribution is 2.19. The molecule has 1 aromatic heterocycles. The Morgan fingerprint density at radius 2 is 2.19 bits per heavy atom. The molecule has 0 aliphatic rings. The lowest BCUT2D eigenvalue weighted by Gasteiger charge is -2.09. The van der Waals surface area contributed by atoms with Crippen molar-refractivity contribution in [1.82, 2.24) is 9.78 Å². The molecule has 0 saturated carbocycles. The number of benzene rings is 1. The molecule has 0 atom stereocenters. The Hall–Kier alpha value is -2.21. The molecule has 1 heterocycles. The van der Waals surface area contributed by atoms with Gasteiger partial charge in [0.1, 0.15) is 5.82 Å². The van der Waals surface area contributed by atoms with E-state index < -0.39 is 0 Å². The number of aryl methyl sites for hydroxylation is 1. The molecule has 21 heavy (non-hydrogen) atoms. The summed E-state index contributed by atoms with van der Waals surface area (Å²) in [6.07, 6.45) is 2.32. The fraction of sp³-hybridized carbons (Fsp3) is 0.333. The zero-order chi connectivity index (χ0) is 15.4. The second kappa shape index (κ2) is 6.49. The quantitative estimate of drug-likeness (QED) is 0.887. The predicted molar refractivity (Wildman–Crippen MR) is 79.7 cm³/mol. The molecule has 112 valence electrons. The van der Waals surface area contributed by atoms with Crippen LogP contribution in [0, 0.1) is 19.7 Å². The molecular weight excluding hydrogens is 271 g/mol. The van der Waals surface area contributed by atoms with Gasteiger partial charge >= 0.3 is 0 Å². The SMILES string of the molecule is Cc1c(F)cccc1NC(=O)c1cnn(CCCN)c1C. The zero-order valence-corrected chi connectivity index (χ0v) is 12.2. The number of carbonyl (C=O) groups is 1. The minimum atomic E-state index is -0.344. The van der Waals surface area contributed by atoms with Crippen molar-refractivity contribution < 1.29 is 9.18 Å². The molecule has 0 radical (unpaired) electrons. The molecule has 5 nitrogen and oxygen atoms in total. The van der Waals surface area contributed by atoms with E-state index in [1.54, 1.807) is 23.7 Å². The van der Waals surface area contributed by atoms with Crippen molar-refractivity contribution in [2.45, 2.75) is 26.8 Å². The van der Waals surface area contributed by atoms with Crippen molar-refractivity contribution >= 4 is 11.6 Å². The summed E-state index contributed by atoms with van der Waals surface area (Å²) in [6, 6.07) is 4.60. The average molecular weight is 290 g/mol. The lowest BCUT2D eigenvalue weighted by molar-refractivity contribution is 0.102. The lowest BCUT2D eigenvalue weighted by atomic mass is 10.1. The zero-order valence-electron chi connectivity index (χ0n) is 12.2. The Balaban J connectivity index is 2.17. The maximum absolute atomic E-state index is 13.5. The first-order valence-electron chi connectivity index (χ1n) is 6.83. The van der Waals surface area contributed by atoms with Crippen LogP contribution in [0.3, 0.4) is 0 Å². The first-order chi connectivity index (χ1) is 10.0. The summed E-state index contributed by atoms with van der Waals surface area (Å²) in [4.78, 5) is 12.3. The third-order valence-corrected chi connectivity index (χ3v) is 3.44. The molecule has 0 spiro atoms. The molecule has 2 aromatic rings.